The van der Waals surface area contributed by atoms with E-state index in [4.69, 9.17) is 90.0 Å². The standard InChI is InChI=1S/C21H31NO12.C19H26O13.2C19H28O12.C12H22O10/c1-9(25)22-14-17(28)15(26)12(6-23)33-20(14)32-11-4-2-10(3-5-11)8-31-21-19(30)18(29)16(27)13(7-24)34-21;20-5-10-11(22)12(23)14(25)17(31-10)28-6-8-1-3-9(4-2-8)30-19-16(27)13(24)15(26)18(32-19)29-7-21;2*20-5-10-12(22)14(24)16(26)18(30-10)28-7-8-1-3-9(4-2-8)29-19-17(27)15(25)13(23)11(6-21)31-19;1-3-5(13)7(15)10(18)12(21-3)20-2-4-6(14)8(16)9(17)11(19)22-4/h2-5,12-21,23-24,26-30H,6-8H2,1H3,(H,22,25);1-4,7,10-20,22-27H,5-6H2;2*1-4,10-27H,5-7H2;3-19H,2H2,1H3/t12?,13?,14?,15-,16-,17-,18+,19?,20-,21-;10?,11-,12+,13+,14?,15+,16?,17-,18?,19-;10?,11?,12-,13+,14+,15+,16?,17?,18-,19-;10?,11?,12-,13-,14+,15+,16?,17?,18-,19+;3?,4?,5-,6-,7+,8+,9?,10?,11?,12-/m11111/s1. The van der Waals surface area contributed by atoms with Gasteiger partial charge in [-0.15, -0.1) is 0 Å². The smallest absolute Gasteiger partial charge is 0.295 e. The molecule has 0 aliphatic carbocycles. The largest absolute Gasteiger partial charge is 0.463 e. The van der Waals surface area contributed by atoms with Crippen LogP contribution in [-0.2, 0) is 112 Å². The molecule has 10 heterocycles. The van der Waals surface area contributed by atoms with Gasteiger partial charge in [0.2, 0.25) is 37.4 Å². The molecule has 0 saturated carbocycles. The van der Waals surface area contributed by atoms with E-state index in [2.05, 4.69) is 10.1 Å². The normalized spacial score (nSPS) is 42.1. The Bertz CT molecular complexity index is 4380. The molecule has 10 saturated heterocycles. The maximum Gasteiger partial charge on any atom is 0.295 e. The summed E-state index contributed by atoms with van der Waals surface area (Å²) in [4.78, 5) is 22.0. The van der Waals surface area contributed by atoms with Crippen LogP contribution in [0, 0.1) is 0 Å². The van der Waals surface area contributed by atoms with Crippen molar-refractivity contribution in [2.24, 2.45) is 0 Å². The molecule has 4 aromatic carbocycles. The lowest BCUT2D eigenvalue weighted by atomic mass is 9.97. The van der Waals surface area contributed by atoms with Crippen LogP contribution in [0.2, 0.25) is 0 Å². The van der Waals surface area contributed by atoms with Crippen molar-refractivity contribution < 1.29 is 293 Å². The minimum atomic E-state index is -1.70. The van der Waals surface area contributed by atoms with Gasteiger partial charge in [-0.3, -0.25) is 14.3 Å². The van der Waals surface area contributed by atoms with E-state index in [-0.39, 0.29) is 62.5 Å². The van der Waals surface area contributed by atoms with Crippen molar-refractivity contribution in [1.82, 2.24) is 5.32 Å². The average Bonchev–Trinajstić information content (AvgIpc) is 0.793. The van der Waals surface area contributed by atoms with Gasteiger partial charge in [0.25, 0.3) is 6.47 Å². The monoisotopic (exact) mass is 2170 g/mol. The van der Waals surface area contributed by atoms with Gasteiger partial charge in [-0.1, -0.05) is 48.5 Å². The maximum atomic E-state index is 11.5. The Morgan fingerprint density at radius 1 is 0.247 bits per heavy atom. The molecule has 4 aromatic rings. The van der Waals surface area contributed by atoms with Crippen LogP contribution in [0.1, 0.15) is 36.1 Å². The van der Waals surface area contributed by atoms with E-state index < -0.39 is 359 Å². The zero-order valence-electron chi connectivity index (χ0n) is 79.7. The lowest BCUT2D eigenvalue weighted by molar-refractivity contribution is -0.322. The van der Waals surface area contributed by atoms with Crippen LogP contribution in [0.4, 0.5) is 0 Å². The van der Waals surface area contributed by atoms with E-state index in [0.717, 1.165) is 0 Å². The van der Waals surface area contributed by atoms with Gasteiger partial charge in [-0.25, -0.2) is 0 Å². The van der Waals surface area contributed by atoms with Crippen LogP contribution < -0.4 is 24.3 Å². The third kappa shape index (κ3) is 31.7. The van der Waals surface area contributed by atoms with Gasteiger partial charge in [0, 0.05) is 6.92 Å². The van der Waals surface area contributed by atoms with Crippen LogP contribution in [0.15, 0.2) is 97.1 Å². The van der Waals surface area contributed by atoms with Crippen LogP contribution in [0.25, 0.3) is 0 Å². The molecule has 10 fully saturated rings. The number of carbonyl (C=O) groups is 2. The molecule has 0 aromatic heterocycles. The highest BCUT2D eigenvalue weighted by Gasteiger charge is 2.55. The van der Waals surface area contributed by atoms with Crippen LogP contribution in [0.5, 0.6) is 23.0 Å². The summed E-state index contributed by atoms with van der Waals surface area (Å²) < 4.78 is 106. The summed E-state index contributed by atoms with van der Waals surface area (Å²) in [5.41, 5.74) is 2.46. The predicted octanol–water partition coefficient (Wildman–Crippen LogP) is -19.4. The fourth-order valence-electron chi connectivity index (χ4n) is 16.1. The number of hydrogen-bond donors (Lipinski definition) is 38. The molecule has 854 valence electrons. The SMILES string of the molecule is CC(=O)NC1[C@H](Oc2ccc(CO[C@@H]3OC(CO)[C@@H](O)[C@H](O)C3O)cc2)OC(CO)[C@@H](O)[C@@H]1O.CC1O[C@@H](OCC2OC(O)C(O)[C@@H](O)[C@@H]2O)C(O)[C@@H](O)[C@@H]1O.O=COC1O[C@@H](Oc2ccc(CO[C@@H]3OC(CO)[C@@H](O)[C@H](O)C3O)cc2)C(O)[C@@H](O)[C@@H]1O.OCC1O[C@@H](OCc2ccc(O[C@@H]3OC(CO)[C@H](O)[C@H](O)C3O)cc2)C(O)[C@@H](O)[C@@H]1O.OCC1O[C@@H](OCc2ccc(O[C@H]3OC(CO)[C@@H](O)[C@H](O)C3O)cc2)C(O)[C@@H](O)[C@@H]1O. The topological polar surface area (TPSA) is 979 Å². The summed E-state index contributed by atoms with van der Waals surface area (Å²) in [6.45, 7) is -1.81. The molecule has 60 heteroatoms. The Labute approximate surface area is 850 Å². The summed E-state index contributed by atoms with van der Waals surface area (Å²) in [5.74, 6) is 0.551. The number of nitrogens with one attached hydrogen (secondary N) is 1. The zero-order valence-corrected chi connectivity index (χ0v) is 79.7. The van der Waals surface area contributed by atoms with E-state index in [1.807, 2.05) is 0 Å². The van der Waals surface area contributed by atoms with Crippen molar-refractivity contribution in [1.29, 1.82) is 0 Å². The van der Waals surface area contributed by atoms with Gasteiger partial charge in [0.1, 0.15) is 255 Å². The predicted molar refractivity (Wildman–Crippen MR) is 476 cm³/mol. The van der Waals surface area contributed by atoms with E-state index in [1.54, 1.807) is 60.7 Å². The van der Waals surface area contributed by atoms with Crippen molar-refractivity contribution in [2.45, 2.75) is 347 Å². The van der Waals surface area contributed by atoms with Gasteiger partial charge in [0.15, 0.2) is 37.7 Å². The molecule has 60 nitrogen and oxygen atoms in total. The van der Waals surface area contributed by atoms with Gasteiger partial charge in [-0.2, -0.15) is 0 Å². The third-order valence-electron chi connectivity index (χ3n) is 25.3. The molecule has 0 bridgehead atoms. The molecular weight excluding hydrogens is 2040 g/mol. The Kier molecular flexibility index (Phi) is 48.5. The number of hydrogen-bond acceptors (Lipinski definition) is 59. The van der Waals surface area contributed by atoms with E-state index in [9.17, 15) is 199 Å². The highest BCUT2D eigenvalue weighted by atomic mass is 16.8. The van der Waals surface area contributed by atoms with Crippen LogP contribution in [-0.4, -0.2) is 561 Å². The number of amides is 1. The van der Waals surface area contributed by atoms with E-state index >= 15 is 0 Å². The number of ether oxygens (including phenoxy) is 20. The van der Waals surface area contributed by atoms with E-state index in [1.165, 1.54) is 50.2 Å². The Morgan fingerprint density at radius 3 is 0.747 bits per heavy atom. The quantitative estimate of drug-likeness (QED) is 0.0197. The summed E-state index contributed by atoms with van der Waals surface area (Å²) >= 11 is 0. The molecule has 150 heavy (non-hydrogen) atoms. The number of carbonyl (C=O) groups excluding carboxylic acids is 2. The third-order valence-corrected chi connectivity index (χ3v) is 25.3. The Hall–Kier alpha value is -7.06. The maximum absolute atomic E-state index is 11.5. The average molecular weight is 2180 g/mol. The van der Waals surface area contributed by atoms with Gasteiger partial charge < -0.3 is 284 Å². The first kappa shape index (κ1) is 125. The molecule has 38 N–H and O–H groups in total. The second-order valence-corrected chi connectivity index (χ2v) is 36.0. The van der Waals surface area contributed by atoms with Crippen LogP contribution in [0.3, 0.4) is 0 Å². The molecule has 0 spiro atoms. The minimum Gasteiger partial charge on any atom is -0.463 e. The van der Waals surface area contributed by atoms with Gasteiger partial charge in [-0.05, 0) is 77.7 Å². The lowest BCUT2D eigenvalue weighted by Gasteiger charge is -2.42. The number of aliphatic hydroxyl groups excluding tert-OH is 37. The van der Waals surface area contributed by atoms with Crippen molar-refractivity contribution in [3.63, 3.8) is 0 Å². The minimum absolute atomic E-state index is 0.0274. The number of benzene rings is 4. The first-order valence-electron chi connectivity index (χ1n) is 46.9. The molecule has 10 aliphatic heterocycles. The summed E-state index contributed by atoms with van der Waals surface area (Å²) in [7, 11) is 0. The van der Waals surface area contributed by atoms with Gasteiger partial charge in [0.05, 0.1) is 85.4 Å². The van der Waals surface area contributed by atoms with Crippen molar-refractivity contribution in [2.75, 3.05) is 52.9 Å². The fourth-order valence-corrected chi connectivity index (χ4v) is 16.1. The zero-order chi connectivity index (χ0) is 110. The highest BCUT2D eigenvalue weighted by molar-refractivity contribution is 5.73. The second-order valence-electron chi connectivity index (χ2n) is 36.0. The summed E-state index contributed by atoms with van der Waals surface area (Å²) in [5, 5.41) is 362. The van der Waals surface area contributed by atoms with E-state index in [0.29, 0.717) is 22.3 Å². The highest BCUT2D eigenvalue weighted by Crippen LogP contribution is 2.36. The molecule has 1 amide bonds. The second kappa shape index (κ2) is 58.3. The van der Waals surface area contributed by atoms with Gasteiger partial charge >= 0.3 is 0 Å². The van der Waals surface area contributed by atoms with Crippen molar-refractivity contribution >= 4 is 12.4 Å². The number of rotatable bonds is 33. The molecular formula is C90H135NO59. The lowest BCUT2D eigenvalue weighted by Crippen LogP contribution is -2.65. The molecule has 14 rings (SSSR count). The molecule has 50 atom stereocenters. The van der Waals surface area contributed by atoms with Crippen molar-refractivity contribution in [3.05, 3.63) is 119 Å². The Balaban J connectivity index is 0.000000193. The molecule has 10 aliphatic rings. The summed E-state index contributed by atoms with van der Waals surface area (Å²) in [6.07, 6.45) is -68.6. The summed E-state index contributed by atoms with van der Waals surface area (Å²) in [6, 6.07) is 23.8. The fraction of sp³-hybridized carbons (Fsp3) is 0.711. The first-order valence-corrected chi connectivity index (χ1v) is 46.9. The van der Waals surface area contributed by atoms with Crippen LogP contribution >= 0.6 is 0 Å². The first-order chi connectivity index (χ1) is 71.2. The number of aliphatic hydroxyl groups is 37. The van der Waals surface area contributed by atoms with Crippen molar-refractivity contribution in [3.8, 4) is 23.0 Å². The molecule has 21 unspecified atom stereocenters. The Morgan fingerprint density at radius 2 is 0.467 bits per heavy atom. The molecule has 0 radical (unpaired) electrons.